The first-order chi connectivity index (χ1) is 7.11. The van der Waals surface area contributed by atoms with Crippen molar-refractivity contribution < 1.29 is 14.3 Å². The molecule has 0 aromatic carbocycles. The normalized spacial score (nSPS) is 19.7. The molecule has 1 saturated carbocycles. The van der Waals surface area contributed by atoms with Crippen molar-refractivity contribution in [2.75, 3.05) is 6.61 Å². The van der Waals surface area contributed by atoms with Crippen LogP contribution in [-0.4, -0.2) is 24.5 Å². The second-order valence-corrected chi connectivity index (χ2v) is 4.00. The molecule has 0 aliphatic heterocycles. The highest BCUT2D eigenvalue weighted by atomic mass is 16.5. The topological polar surface area (TPSA) is 95.4 Å². The molecular formula is C10H18N2O3. The number of hydrogen-bond donors (Lipinski definition) is 2. The Hall–Kier alpha value is -1.10. The zero-order valence-electron chi connectivity index (χ0n) is 8.78. The number of primary amides is 2. The van der Waals surface area contributed by atoms with Gasteiger partial charge >= 0.3 is 0 Å². The zero-order valence-corrected chi connectivity index (χ0v) is 8.78. The van der Waals surface area contributed by atoms with Crippen LogP contribution in [0.1, 0.15) is 32.1 Å². The van der Waals surface area contributed by atoms with E-state index in [0.29, 0.717) is 0 Å². The third kappa shape index (κ3) is 3.87. The predicted octanol–water partition coefficient (Wildman–Crippen LogP) is -0.0775. The zero-order chi connectivity index (χ0) is 11.3. The summed E-state index contributed by atoms with van der Waals surface area (Å²) in [6.45, 7) is -0.232. The summed E-state index contributed by atoms with van der Waals surface area (Å²) in [5, 5.41) is 0. The van der Waals surface area contributed by atoms with Crippen LogP contribution in [0.3, 0.4) is 0 Å². The predicted molar refractivity (Wildman–Crippen MR) is 54.7 cm³/mol. The Balaban J connectivity index is 2.48. The lowest BCUT2D eigenvalue weighted by molar-refractivity contribution is -0.138. The van der Waals surface area contributed by atoms with Gasteiger partial charge in [0, 0.05) is 0 Å². The van der Waals surface area contributed by atoms with E-state index in [2.05, 4.69) is 0 Å². The second-order valence-electron chi connectivity index (χ2n) is 4.00. The average molecular weight is 214 g/mol. The first-order valence-corrected chi connectivity index (χ1v) is 5.30. The van der Waals surface area contributed by atoms with Crippen molar-refractivity contribution in [2.24, 2.45) is 17.4 Å². The van der Waals surface area contributed by atoms with E-state index in [1.807, 2.05) is 0 Å². The van der Waals surface area contributed by atoms with Crippen molar-refractivity contribution in [3.63, 3.8) is 0 Å². The summed E-state index contributed by atoms with van der Waals surface area (Å²) >= 11 is 0. The molecule has 86 valence electrons. The molecule has 0 heterocycles. The average Bonchev–Trinajstić information content (AvgIpc) is 2.18. The summed E-state index contributed by atoms with van der Waals surface area (Å²) in [6.07, 6.45) is 4.59. The molecule has 1 aliphatic rings. The maximum atomic E-state index is 11.2. The van der Waals surface area contributed by atoms with E-state index >= 15 is 0 Å². The van der Waals surface area contributed by atoms with Crippen molar-refractivity contribution in [3.8, 4) is 0 Å². The van der Waals surface area contributed by atoms with Gasteiger partial charge in [-0.3, -0.25) is 9.59 Å². The fourth-order valence-electron chi connectivity index (χ4n) is 2.06. The van der Waals surface area contributed by atoms with Gasteiger partial charge in [-0.25, -0.2) is 0 Å². The number of carbonyl (C=O) groups excluding carboxylic acids is 2. The maximum absolute atomic E-state index is 11.2. The van der Waals surface area contributed by atoms with E-state index in [4.69, 9.17) is 16.2 Å². The third-order valence-corrected chi connectivity index (χ3v) is 2.76. The minimum Gasteiger partial charge on any atom is -0.368 e. The fraction of sp³-hybridized carbons (Fsp3) is 0.800. The smallest absolute Gasteiger partial charge is 0.246 e. The van der Waals surface area contributed by atoms with Gasteiger partial charge < -0.3 is 16.2 Å². The summed E-state index contributed by atoms with van der Waals surface area (Å²) in [6, 6.07) is 0. The molecule has 0 aromatic heterocycles. The molecule has 4 N–H and O–H groups in total. The van der Waals surface area contributed by atoms with Crippen LogP contribution in [-0.2, 0) is 14.3 Å². The minimum absolute atomic E-state index is 0.149. The van der Waals surface area contributed by atoms with E-state index in [-0.39, 0.29) is 12.5 Å². The molecule has 5 nitrogen and oxygen atoms in total. The summed E-state index contributed by atoms with van der Waals surface area (Å²) < 4.78 is 5.16. The Kier molecular flexibility index (Phi) is 4.55. The standard InChI is InChI=1S/C10H18N2O3/c11-8(13)6-15-9(10(12)14)7-4-2-1-3-5-7/h7,9H,1-6H2,(H2,11,13)(H2,12,14). The highest BCUT2D eigenvalue weighted by Gasteiger charge is 2.28. The van der Waals surface area contributed by atoms with Crippen LogP contribution in [0.2, 0.25) is 0 Å². The van der Waals surface area contributed by atoms with Gasteiger partial charge in [0.15, 0.2) is 0 Å². The van der Waals surface area contributed by atoms with E-state index in [1.165, 1.54) is 6.42 Å². The van der Waals surface area contributed by atoms with Gasteiger partial charge in [0.2, 0.25) is 11.8 Å². The van der Waals surface area contributed by atoms with Gasteiger partial charge in [0.05, 0.1) is 0 Å². The molecule has 1 unspecified atom stereocenters. The van der Waals surface area contributed by atoms with Crippen LogP contribution in [0.15, 0.2) is 0 Å². The number of nitrogens with two attached hydrogens (primary N) is 2. The lowest BCUT2D eigenvalue weighted by atomic mass is 9.85. The van der Waals surface area contributed by atoms with Gasteiger partial charge in [-0.15, -0.1) is 0 Å². The summed E-state index contributed by atoms with van der Waals surface area (Å²) in [5.41, 5.74) is 10.2. The number of amides is 2. The Labute approximate surface area is 89.1 Å². The highest BCUT2D eigenvalue weighted by molar-refractivity contribution is 5.80. The van der Waals surface area contributed by atoms with Gasteiger partial charge in [-0.2, -0.15) is 0 Å². The van der Waals surface area contributed by atoms with Crippen molar-refractivity contribution in [1.29, 1.82) is 0 Å². The van der Waals surface area contributed by atoms with Crippen LogP contribution in [0.5, 0.6) is 0 Å². The molecular weight excluding hydrogens is 196 g/mol. The Morgan fingerprint density at radius 2 is 1.80 bits per heavy atom. The molecule has 1 rings (SSSR count). The Bertz CT molecular complexity index is 237. The summed E-state index contributed by atoms with van der Waals surface area (Å²) in [7, 11) is 0. The largest absolute Gasteiger partial charge is 0.368 e. The van der Waals surface area contributed by atoms with E-state index in [1.54, 1.807) is 0 Å². The third-order valence-electron chi connectivity index (χ3n) is 2.76. The summed E-state index contributed by atoms with van der Waals surface area (Å²) in [4.78, 5) is 21.7. The molecule has 0 radical (unpaired) electrons. The van der Waals surface area contributed by atoms with Crippen molar-refractivity contribution in [2.45, 2.75) is 38.2 Å². The number of rotatable bonds is 5. The number of hydrogen-bond acceptors (Lipinski definition) is 3. The van der Waals surface area contributed by atoms with E-state index in [9.17, 15) is 9.59 Å². The summed E-state index contributed by atoms with van der Waals surface area (Å²) in [5.74, 6) is -0.921. The molecule has 0 bridgehead atoms. The van der Waals surface area contributed by atoms with Crippen LogP contribution in [0, 0.1) is 5.92 Å². The molecule has 0 aromatic rings. The molecule has 1 fully saturated rings. The molecule has 5 heteroatoms. The molecule has 0 saturated heterocycles. The van der Waals surface area contributed by atoms with Gasteiger partial charge in [0.1, 0.15) is 12.7 Å². The Morgan fingerprint density at radius 3 is 2.27 bits per heavy atom. The van der Waals surface area contributed by atoms with Crippen molar-refractivity contribution in [3.05, 3.63) is 0 Å². The van der Waals surface area contributed by atoms with Gasteiger partial charge in [0.25, 0.3) is 0 Å². The molecule has 15 heavy (non-hydrogen) atoms. The van der Waals surface area contributed by atoms with E-state index in [0.717, 1.165) is 25.7 Å². The number of ether oxygens (including phenoxy) is 1. The quantitative estimate of drug-likeness (QED) is 0.670. The lowest BCUT2D eigenvalue weighted by Crippen LogP contribution is -2.40. The molecule has 1 atom stereocenters. The lowest BCUT2D eigenvalue weighted by Gasteiger charge is -2.27. The first-order valence-electron chi connectivity index (χ1n) is 5.30. The fourth-order valence-corrected chi connectivity index (χ4v) is 2.06. The molecule has 1 aliphatic carbocycles. The number of carbonyl (C=O) groups is 2. The van der Waals surface area contributed by atoms with Crippen LogP contribution in [0.25, 0.3) is 0 Å². The SMILES string of the molecule is NC(=O)COC(C(N)=O)C1CCCCC1. The van der Waals surface area contributed by atoms with Gasteiger partial charge in [-0.1, -0.05) is 19.3 Å². The Morgan fingerprint density at radius 1 is 1.20 bits per heavy atom. The molecule has 0 spiro atoms. The van der Waals surface area contributed by atoms with E-state index < -0.39 is 17.9 Å². The first kappa shape index (κ1) is 12.0. The maximum Gasteiger partial charge on any atom is 0.246 e. The van der Waals surface area contributed by atoms with Crippen LogP contribution in [0.4, 0.5) is 0 Å². The van der Waals surface area contributed by atoms with Crippen LogP contribution >= 0.6 is 0 Å². The van der Waals surface area contributed by atoms with Crippen LogP contribution < -0.4 is 11.5 Å². The monoisotopic (exact) mass is 214 g/mol. The second kappa shape index (κ2) is 5.70. The molecule has 2 amide bonds. The minimum atomic E-state index is -0.655. The van der Waals surface area contributed by atoms with Crippen molar-refractivity contribution >= 4 is 11.8 Å². The highest BCUT2D eigenvalue weighted by Crippen LogP contribution is 2.27. The van der Waals surface area contributed by atoms with Gasteiger partial charge in [-0.05, 0) is 18.8 Å². The van der Waals surface area contributed by atoms with Crippen molar-refractivity contribution in [1.82, 2.24) is 0 Å².